The molecule has 21 nitrogen and oxygen atoms in total. The fourth-order valence-corrected chi connectivity index (χ4v) is 7.49. The van der Waals surface area contributed by atoms with Gasteiger partial charge in [-0.25, -0.2) is 9.59 Å². The van der Waals surface area contributed by atoms with Gasteiger partial charge in [0.25, 0.3) is 30.4 Å². The van der Waals surface area contributed by atoms with E-state index in [9.17, 15) is 63.8 Å². The number of rotatable bonds is 9. The summed E-state index contributed by atoms with van der Waals surface area (Å²) in [6.07, 6.45) is 0. The largest absolute Gasteiger partial charge is 0.492 e. The predicted molar refractivity (Wildman–Crippen MR) is 188 cm³/mol. The molecule has 0 aliphatic rings. The third kappa shape index (κ3) is 7.36. The maximum absolute atomic E-state index is 12.6. The van der Waals surface area contributed by atoms with Gasteiger partial charge in [-0.2, -0.15) is 40.1 Å². The average Bonchev–Trinajstić information content (AvgIpc) is 3.66. The molecule has 0 bridgehead atoms. The Hall–Kier alpha value is -6.18. The molecule has 0 saturated carbocycles. The second-order valence-corrected chi connectivity index (χ2v) is 17.0. The normalized spacial score (nSPS) is 12.9. The summed E-state index contributed by atoms with van der Waals surface area (Å²) in [6, 6.07) is 10.1. The molecule has 0 fully saturated rings. The minimum atomic E-state index is -5.15. The Morgan fingerprint density at radius 3 is 1.87 bits per heavy atom. The van der Waals surface area contributed by atoms with E-state index in [0.717, 1.165) is 41.1 Å². The van der Waals surface area contributed by atoms with Crippen molar-refractivity contribution >= 4 is 75.5 Å². The van der Waals surface area contributed by atoms with Crippen molar-refractivity contribution in [3.63, 3.8) is 0 Å². The summed E-state index contributed by atoms with van der Waals surface area (Å²) in [6.45, 7) is 5.07. The number of hydrogen-bond donors (Lipinski definition) is 6. The SMILES string of the molecule is CC(C)(C)c1nn(-c2cc(C(=O)O)cc(C(=O)O)c2)c(O)c1N=Nc1ccc(-n2nc3ccc4cc(S(=O)(=O)O)cc(S(=O)(=O)O)c4c3n2)c(S(=O)(=O)O)c1. The molecule has 0 radical (unpaired) electrons. The van der Waals surface area contributed by atoms with Crippen LogP contribution in [0.1, 0.15) is 47.2 Å². The summed E-state index contributed by atoms with van der Waals surface area (Å²) in [4.78, 5) is 21.4. The first-order valence-electron chi connectivity index (χ1n) is 15.1. The monoisotopic (exact) mass is 815 g/mol. The highest BCUT2D eigenvalue weighted by molar-refractivity contribution is 7.87. The number of carboxylic acids is 2. The van der Waals surface area contributed by atoms with Gasteiger partial charge >= 0.3 is 11.9 Å². The van der Waals surface area contributed by atoms with Crippen molar-refractivity contribution in [1.29, 1.82) is 0 Å². The topological polar surface area (TPSA) is 331 Å². The van der Waals surface area contributed by atoms with E-state index in [2.05, 4.69) is 25.5 Å². The number of aromatic hydroxyl groups is 1. The van der Waals surface area contributed by atoms with E-state index in [0.29, 0.717) is 10.9 Å². The number of azo groups is 1. The van der Waals surface area contributed by atoms with Gasteiger partial charge in [0, 0.05) is 10.8 Å². The van der Waals surface area contributed by atoms with E-state index >= 15 is 0 Å². The Labute approximate surface area is 309 Å². The molecule has 4 aromatic carbocycles. The van der Waals surface area contributed by atoms with Crippen molar-refractivity contribution in [2.45, 2.75) is 40.9 Å². The number of hydrogen-bond acceptors (Lipinski definition) is 14. The van der Waals surface area contributed by atoms with E-state index in [1.165, 1.54) is 18.2 Å². The Balaban J connectivity index is 1.49. The number of fused-ring (bicyclic) bond motifs is 3. The quantitative estimate of drug-likeness (QED) is 0.0874. The summed E-state index contributed by atoms with van der Waals surface area (Å²) in [5, 5.41) is 50.5. The molecular formula is C31H25N7O14S3. The van der Waals surface area contributed by atoms with E-state index in [1.54, 1.807) is 20.8 Å². The van der Waals surface area contributed by atoms with Gasteiger partial charge in [0.2, 0.25) is 5.88 Å². The van der Waals surface area contributed by atoms with Gasteiger partial charge in [0.1, 0.15) is 26.5 Å². The Morgan fingerprint density at radius 2 is 1.33 bits per heavy atom. The number of nitrogens with zero attached hydrogens (tertiary/aromatic N) is 7. The molecule has 0 aliphatic carbocycles. The zero-order valence-electron chi connectivity index (χ0n) is 28.1. The predicted octanol–water partition coefficient (Wildman–Crippen LogP) is 4.31. The number of aromatic carboxylic acids is 2. The molecule has 0 amide bonds. The highest BCUT2D eigenvalue weighted by atomic mass is 32.2. The van der Waals surface area contributed by atoms with Crippen molar-refractivity contribution in [2.24, 2.45) is 10.2 Å². The standard InChI is InChI=1S/C31H25N7O14S3/c1-31(2,3)27-26(28(39)37(36-27)18-9-15(29(40)41)8-16(10-18)30(42)43)33-32-17-5-7-21(22(12-17)54(47,48)49)38-34-20-6-4-14-11-19(53(44,45)46)13-23(55(50,51)52)24(14)25(20)35-38/h4-13,39H,1-3H3,(H,40,41)(H,42,43)(H,44,45,46)(H,47,48,49)(H,50,51,52). The minimum absolute atomic E-state index is 0.0754. The van der Waals surface area contributed by atoms with Crippen molar-refractivity contribution in [3.8, 4) is 17.3 Å². The third-order valence-corrected chi connectivity index (χ3v) is 10.5. The zero-order chi connectivity index (χ0) is 40.6. The van der Waals surface area contributed by atoms with Crippen LogP contribution in [0.4, 0.5) is 11.4 Å². The first kappa shape index (κ1) is 38.5. The summed E-state index contributed by atoms with van der Waals surface area (Å²) >= 11 is 0. The number of carboxylic acid groups (broad SMARTS) is 2. The summed E-state index contributed by atoms with van der Waals surface area (Å²) in [7, 11) is -15.2. The molecule has 6 aromatic rings. The summed E-state index contributed by atoms with van der Waals surface area (Å²) in [5.74, 6) is -3.59. The molecule has 2 aromatic heterocycles. The average molecular weight is 816 g/mol. The van der Waals surface area contributed by atoms with Crippen LogP contribution in [0.25, 0.3) is 33.2 Å². The van der Waals surface area contributed by atoms with Crippen LogP contribution in [0.2, 0.25) is 0 Å². The lowest BCUT2D eigenvalue weighted by atomic mass is 9.91. The Morgan fingerprint density at radius 1 is 0.709 bits per heavy atom. The van der Waals surface area contributed by atoms with Crippen molar-refractivity contribution in [2.75, 3.05) is 0 Å². The van der Waals surface area contributed by atoms with Gasteiger partial charge < -0.3 is 15.3 Å². The van der Waals surface area contributed by atoms with Crippen molar-refractivity contribution in [1.82, 2.24) is 24.8 Å². The van der Waals surface area contributed by atoms with Crippen LogP contribution in [0.3, 0.4) is 0 Å². The molecule has 6 rings (SSSR count). The van der Waals surface area contributed by atoms with E-state index in [1.807, 2.05) is 0 Å². The molecule has 24 heteroatoms. The van der Waals surface area contributed by atoms with Crippen LogP contribution < -0.4 is 0 Å². The van der Waals surface area contributed by atoms with Crippen LogP contribution in [-0.2, 0) is 35.8 Å². The number of carbonyl (C=O) groups is 2. The van der Waals surface area contributed by atoms with Crippen LogP contribution >= 0.6 is 0 Å². The second-order valence-electron chi connectivity index (χ2n) is 12.8. The summed E-state index contributed by atoms with van der Waals surface area (Å²) < 4.78 is 104. The smallest absolute Gasteiger partial charge is 0.335 e. The van der Waals surface area contributed by atoms with Gasteiger partial charge in [0.05, 0.1) is 33.1 Å². The van der Waals surface area contributed by atoms with Gasteiger partial charge in [-0.1, -0.05) is 26.8 Å². The van der Waals surface area contributed by atoms with Gasteiger partial charge in [-0.05, 0) is 60.0 Å². The molecule has 6 N–H and O–H groups in total. The molecule has 2 heterocycles. The number of aromatic nitrogens is 5. The molecule has 0 aliphatic heterocycles. The first-order valence-corrected chi connectivity index (χ1v) is 19.4. The van der Waals surface area contributed by atoms with E-state index < -0.39 is 85.1 Å². The Bertz CT molecular complexity index is 2990. The molecule has 0 saturated heterocycles. The summed E-state index contributed by atoms with van der Waals surface area (Å²) in [5.41, 5.74) is -2.95. The fourth-order valence-electron chi connectivity index (χ4n) is 5.44. The second kappa shape index (κ2) is 13.0. The lowest BCUT2D eigenvalue weighted by Crippen LogP contribution is -2.13. The fraction of sp³-hybridized carbons (Fsp3) is 0.129. The molecular weight excluding hydrogens is 791 g/mol. The van der Waals surface area contributed by atoms with Crippen LogP contribution in [-0.4, -0.2) is 90.9 Å². The van der Waals surface area contributed by atoms with Crippen LogP contribution in [0.5, 0.6) is 5.88 Å². The molecule has 0 unspecified atom stereocenters. The number of benzene rings is 4. The van der Waals surface area contributed by atoms with Gasteiger partial charge in [-0.15, -0.1) is 20.1 Å². The lowest BCUT2D eigenvalue weighted by Gasteiger charge is -2.15. The zero-order valence-corrected chi connectivity index (χ0v) is 30.5. The highest BCUT2D eigenvalue weighted by Gasteiger charge is 2.29. The van der Waals surface area contributed by atoms with Gasteiger partial charge in [0.15, 0.2) is 5.69 Å². The van der Waals surface area contributed by atoms with E-state index in [-0.39, 0.29) is 44.6 Å². The van der Waals surface area contributed by atoms with Crippen LogP contribution in [0.15, 0.2) is 85.6 Å². The minimum Gasteiger partial charge on any atom is -0.492 e. The first-order chi connectivity index (χ1) is 25.3. The maximum atomic E-state index is 12.6. The molecule has 0 atom stereocenters. The van der Waals surface area contributed by atoms with Gasteiger partial charge in [-0.3, -0.25) is 13.7 Å². The molecule has 286 valence electrons. The lowest BCUT2D eigenvalue weighted by molar-refractivity contribution is 0.0696. The van der Waals surface area contributed by atoms with Crippen molar-refractivity contribution < 1.29 is 63.8 Å². The third-order valence-electron chi connectivity index (χ3n) is 7.88. The van der Waals surface area contributed by atoms with E-state index in [4.69, 9.17) is 0 Å². The maximum Gasteiger partial charge on any atom is 0.335 e. The highest BCUT2D eigenvalue weighted by Crippen LogP contribution is 2.41. The van der Waals surface area contributed by atoms with Crippen LogP contribution in [0, 0.1) is 0 Å². The van der Waals surface area contributed by atoms with Crippen molar-refractivity contribution in [3.05, 3.63) is 77.5 Å². The molecule has 0 spiro atoms. The molecule has 55 heavy (non-hydrogen) atoms. The Kier molecular flexibility index (Phi) is 9.11.